The first-order chi connectivity index (χ1) is 16.7. The summed E-state index contributed by atoms with van der Waals surface area (Å²) in [5, 5.41) is 16.3. The molecule has 2 heterocycles. The smallest absolute Gasteiger partial charge is 0.255 e. The fourth-order valence-electron chi connectivity index (χ4n) is 3.97. The van der Waals surface area contributed by atoms with Gasteiger partial charge in [-0.05, 0) is 36.4 Å². The minimum absolute atomic E-state index is 0.0331. The lowest BCUT2D eigenvalue weighted by atomic mass is 9.95. The number of carbonyl (C=O) groups is 1. The second-order valence-electron chi connectivity index (χ2n) is 7.39. The number of anilines is 1. The summed E-state index contributed by atoms with van der Waals surface area (Å²) in [4.78, 5) is 21.1. The molecular weight excluding hydrogens is 428 g/mol. The minimum atomic E-state index is -0.0443. The highest BCUT2D eigenvalue weighted by atomic mass is 16.2. The van der Waals surface area contributed by atoms with Crippen LogP contribution < -0.4 is 11.5 Å². The number of hydrogen-bond donors (Lipinski definition) is 3. The SMILES string of the molecule is CN.CO.N#Cc1cccc([C@@H](c2ccccc2)N2CCN(C(=O)c3cncc(N)c3)CC2)c1. The molecule has 0 spiro atoms. The fourth-order valence-corrected chi connectivity index (χ4v) is 3.97. The third kappa shape index (κ3) is 6.62. The van der Waals surface area contributed by atoms with Crippen LogP contribution in [0.4, 0.5) is 5.69 Å². The van der Waals surface area contributed by atoms with Crippen molar-refractivity contribution in [1.82, 2.24) is 14.8 Å². The average molecular weight is 461 g/mol. The molecule has 8 heteroatoms. The van der Waals surface area contributed by atoms with Crippen LogP contribution in [0.1, 0.15) is 33.1 Å². The average Bonchev–Trinajstić information content (AvgIpc) is 2.92. The highest BCUT2D eigenvalue weighted by molar-refractivity contribution is 5.94. The molecule has 1 fully saturated rings. The first kappa shape index (κ1) is 26.5. The van der Waals surface area contributed by atoms with Crippen molar-refractivity contribution < 1.29 is 9.90 Å². The molecule has 5 N–H and O–H groups in total. The largest absolute Gasteiger partial charge is 0.400 e. The van der Waals surface area contributed by atoms with Gasteiger partial charge in [0.15, 0.2) is 0 Å². The topological polar surface area (TPSA) is 132 Å². The van der Waals surface area contributed by atoms with Gasteiger partial charge in [-0.2, -0.15) is 5.26 Å². The normalized spacial score (nSPS) is 13.9. The molecule has 0 unspecified atom stereocenters. The Kier molecular flexibility index (Phi) is 10.7. The van der Waals surface area contributed by atoms with Crippen LogP contribution in [0, 0.1) is 11.3 Å². The van der Waals surface area contributed by atoms with E-state index in [4.69, 9.17) is 10.8 Å². The number of nitrogens with two attached hydrogens (primary N) is 2. The van der Waals surface area contributed by atoms with E-state index in [1.165, 1.54) is 18.8 Å². The van der Waals surface area contributed by atoms with Gasteiger partial charge in [-0.3, -0.25) is 14.7 Å². The fraction of sp³-hybridized carbons (Fsp3) is 0.269. The highest BCUT2D eigenvalue weighted by Crippen LogP contribution is 2.30. The zero-order chi connectivity index (χ0) is 24.9. The Morgan fingerprint density at radius 1 is 0.971 bits per heavy atom. The van der Waals surface area contributed by atoms with Gasteiger partial charge >= 0.3 is 0 Å². The van der Waals surface area contributed by atoms with Gasteiger partial charge in [0.05, 0.1) is 28.9 Å². The predicted octanol–water partition coefficient (Wildman–Crippen LogP) is 2.27. The molecule has 1 atom stereocenters. The van der Waals surface area contributed by atoms with Gasteiger partial charge in [-0.25, -0.2) is 0 Å². The van der Waals surface area contributed by atoms with E-state index in [1.807, 2.05) is 41.3 Å². The molecule has 8 nitrogen and oxygen atoms in total. The number of pyridine rings is 1. The predicted molar refractivity (Wildman–Crippen MR) is 134 cm³/mol. The Morgan fingerprint density at radius 3 is 2.24 bits per heavy atom. The summed E-state index contributed by atoms with van der Waals surface area (Å²) < 4.78 is 0. The summed E-state index contributed by atoms with van der Waals surface area (Å²) in [6, 6.07) is 22.0. The number of carbonyl (C=O) groups excluding carboxylic acids is 1. The van der Waals surface area contributed by atoms with Gasteiger partial charge in [-0.1, -0.05) is 42.5 Å². The molecule has 1 aromatic heterocycles. The molecule has 1 saturated heterocycles. The van der Waals surface area contributed by atoms with Crippen LogP contribution in [0.3, 0.4) is 0 Å². The minimum Gasteiger partial charge on any atom is -0.400 e. The number of amides is 1. The number of benzene rings is 2. The number of rotatable bonds is 4. The van der Waals surface area contributed by atoms with Gasteiger partial charge in [0.25, 0.3) is 5.91 Å². The van der Waals surface area contributed by atoms with Crippen molar-refractivity contribution in [3.63, 3.8) is 0 Å². The second-order valence-corrected chi connectivity index (χ2v) is 7.39. The lowest BCUT2D eigenvalue weighted by molar-refractivity contribution is 0.0597. The van der Waals surface area contributed by atoms with Crippen molar-refractivity contribution in [3.05, 3.63) is 95.3 Å². The monoisotopic (exact) mass is 460 g/mol. The Hall–Kier alpha value is -3.77. The molecule has 0 radical (unpaired) electrons. The Labute approximate surface area is 201 Å². The number of piperazine rings is 1. The van der Waals surface area contributed by atoms with Crippen molar-refractivity contribution in [3.8, 4) is 6.07 Å². The summed E-state index contributed by atoms with van der Waals surface area (Å²) >= 11 is 0. The van der Waals surface area contributed by atoms with Crippen LogP contribution in [0.15, 0.2) is 73.1 Å². The number of nitrogens with zero attached hydrogens (tertiary/aromatic N) is 4. The third-order valence-corrected chi connectivity index (χ3v) is 5.42. The maximum absolute atomic E-state index is 12.8. The van der Waals surface area contributed by atoms with E-state index in [9.17, 15) is 10.1 Å². The summed E-state index contributed by atoms with van der Waals surface area (Å²) in [5.74, 6) is -0.0443. The summed E-state index contributed by atoms with van der Waals surface area (Å²) in [7, 11) is 2.50. The van der Waals surface area contributed by atoms with Crippen LogP contribution in [-0.2, 0) is 0 Å². The van der Waals surface area contributed by atoms with Crippen LogP contribution in [0.2, 0.25) is 0 Å². The Bertz CT molecular complexity index is 1080. The number of nitriles is 1. The molecule has 1 amide bonds. The van der Waals surface area contributed by atoms with E-state index in [-0.39, 0.29) is 11.9 Å². The zero-order valence-corrected chi connectivity index (χ0v) is 19.6. The lowest BCUT2D eigenvalue weighted by Gasteiger charge is -2.39. The third-order valence-electron chi connectivity index (χ3n) is 5.42. The molecule has 1 aliphatic heterocycles. The number of nitrogen functional groups attached to an aromatic ring is 1. The van der Waals surface area contributed by atoms with Crippen LogP contribution in [-0.4, -0.2) is 66.1 Å². The van der Waals surface area contributed by atoms with Gasteiger partial charge in [-0.15, -0.1) is 0 Å². The van der Waals surface area contributed by atoms with Crippen molar-refractivity contribution in [2.24, 2.45) is 5.73 Å². The molecule has 4 rings (SSSR count). The summed E-state index contributed by atoms with van der Waals surface area (Å²) in [6.07, 6.45) is 3.10. The van der Waals surface area contributed by atoms with Gasteiger partial charge in [0.2, 0.25) is 0 Å². The van der Waals surface area contributed by atoms with Crippen molar-refractivity contribution >= 4 is 11.6 Å². The standard InChI is InChI=1S/C24H23N5O.CH5N.CH4O/c25-15-18-5-4-8-20(13-18)23(19-6-2-1-3-7-19)28-9-11-29(12-10-28)24(30)21-14-22(26)17-27-16-21;2*1-2/h1-8,13-14,16-17,23H,9-12,26H2;2H2,1H3;2H,1H3/t23-;;/m1../s1. The van der Waals surface area contributed by atoms with Crippen LogP contribution >= 0.6 is 0 Å². The van der Waals surface area contributed by atoms with Crippen LogP contribution in [0.25, 0.3) is 0 Å². The number of aliphatic hydroxyl groups is 1. The number of aromatic nitrogens is 1. The summed E-state index contributed by atoms with van der Waals surface area (Å²) in [6.45, 7) is 2.71. The molecule has 2 aromatic carbocycles. The summed E-state index contributed by atoms with van der Waals surface area (Å²) in [5.41, 5.74) is 14.2. The van der Waals surface area contributed by atoms with E-state index in [1.54, 1.807) is 12.3 Å². The highest BCUT2D eigenvalue weighted by Gasteiger charge is 2.28. The van der Waals surface area contributed by atoms with Crippen molar-refractivity contribution in [2.75, 3.05) is 46.1 Å². The molecule has 0 aliphatic carbocycles. The lowest BCUT2D eigenvalue weighted by Crippen LogP contribution is -2.49. The number of hydrogen-bond acceptors (Lipinski definition) is 7. The van der Waals surface area contributed by atoms with Crippen molar-refractivity contribution in [1.29, 1.82) is 5.26 Å². The van der Waals surface area contributed by atoms with Gasteiger partial charge < -0.3 is 21.5 Å². The maximum Gasteiger partial charge on any atom is 0.255 e. The Morgan fingerprint density at radius 2 is 1.62 bits per heavy atom. The molecule has 1 aliphatic rings. The number of aliphatic hydroxyl groups excluding tert-OH is 1. The van der Waals surface area contributed by atoms with E-state index in [2.05, 4.69) is 39.9 Å². The molecule has 0 saturated carbocycles. The van der Waals surface area contributed by atoms with Crippen molar-refractivity contribution in [2.45, 2.75) is 6.04 Å². The molecule has 178 valence electrons. The quantitative estimate of drug-likeness (QED) is 0.544. The second kappa shape index (κ2) is 13.7. The maximum atomic E-state index is 12.8. The zero-order valence-electron chi connectivity index (χ0n) is 19.6. The van der Waals surface area contributed by atoms with Gasteiger partial charge in [0.1, 0.15) is 0 Å². The molecule has 0 bridgehead atoms. The molecule has 34 heavy (non-hydrogen) atoms. The molecule has 3 aromatic rings. The van der Waals surface area contributed by atoms with E-state index in [0.717, 1.165) is 25.8 Å². The first-order valence-electron chi connectivity index (χ1n) is 11.0. The van der Waals surface area contributed by atoms with E-state index < -0.39 is 0 Å². The first-order valence-corrected chi connectivity index (χ1v) is 11.0. The molecular formula is C26H32N6O2. The van der Waals surface area contributed by atoms with E-state index in [0.29, 0.717) is 29.9 Å². The Balaban J connectivity index is 0.000000970. The van der Waals surface area contributed by atoms with Gasteiger partial charge in [0, 0.05) is 45.7 Å². The van der Waals surface area contributed by atoms with E-state index >= 15 is 0 Å². The van der Waals surface area contributed by atoms with Crippen LogP contribution in [0.5, 0.6) is 0 Å².